The second kappa shape index (κ2) is 6.21. The van der Waals surface area contributed by atoms with Gasteiger partial charge in [-0.15, -0.1) is 0 Å². The molecule has 0 radical (unpaired) electrons. The summed E-state index contributed by atoms with van der Waals surface area (Å²) in [5.74, 6) is 0. The van der Waals surface area contributed by atoms with Gasteiger partial charge in [0.05, 0.1) is 0 Å². The summed E-state index contributed by atoms with van der Waals surface area (Å²) >= 11 is 0. The first-order valence-corrected chi connectivity index (χ1v) is 7.42. The first-order valence-electron chi connectivity index (χ1n) is 7.42. The van der Waals surface area contributed by atoms with E-state index in [1.165, 1.54) is 11.1 Å². The van der Waals surface area contributed by atoms with E-state index < -0.39 is 0 Å². The van der Waals surface area contributed by atoms with Crippen LogP contribution in [0.15, 0.2) is 60.7 Å². The van der Waals surface area contributed by atoms with Gasteiger partial charge in [-0.25, -0.2) is 0 Å². The van der Waals surface area contributed by atoms with Crippen LogP contribution in [-0.2, 0) is 0 Å². The van der Waals surface area contributed by atoms with Crippen LogP contribution in [0.4, 0.5) is 0 Å². The molecule has 0 aliphatic carbocycles. The van der Waals surface area contributed by atoms with Gasteiger partial charge in [0.15, 0.2) is 0 Å². The normalized spacial score (nSPS) is 21.6. The topological polar surface area (TPSA) is 15.3 Å². The van der Waals surface area contributed by atoms with E-state index in [0.29, 0.717) is 12.1 Å². The Morgan fingerprint density at radius 1 is 1.00 bits per heavy atom. The highest BCUT2D eigenvalue weighted by Crippen LogP contribution is 2.25. The molecule has 1 aliphatic heterocycles. The van der Waals surface area contributed by atoms with Crippen LogP contribution in [0, 0.1) is 0 Å². The molecule has 2 aromatic rings. The molecule has 1 aliphatic rings. The molecule has 2 aromatic carbocycles. The summed E-state index contributed by atoms with van der Waals surface area (Å²) in [7, 11) is 0. The summed E-state index contributed by atoms with van der Waals surface area (Å²) in [6, 6.07) is 22.5. The Kier molecular flexibility index (Phi) is 4.14. The third kappa shape index (κ3) is 2.92. The molecule has 104 valence electrons. The molecule has 0 amide bonds. The summed E-state index contributed by atoms with van der Waals surface area (Å²) in [5.41, 5.74) is 2.79. The quantitative estimate of drug-likeness (QED) is 0.916. The maximum Gasteiger partial charge on any atom is 0.0449 e. The lowest BCUT2D eigenvalue weighted by Gasteiger charge is -2.38. The lowest BCUT2D eigenvalue weighted by Crippen LogP contribution is -2.46. The maximum absolute atomic E-state index is 3.63. The monoisotopic (exact) mass is 266 g/mol. The maximum atomic E-state index is 3.63. The number of piperazine rings is 1. The first-order chi connectivity index (χ1) is 9.84. The Hall–Kier alpha value is -1.64. The Morgan fingerprint density at radius 3 is 2.35 bits per heavy atom. The van der Waals surface area contributed by atoms with Crippen molar-refractivity contribution in [1.82, 2.24) is 10.2 Å². The van der Waals surface area contributed by atoms with Crippen LogP contribution in [0.2, 0.25) is 0 Å². The summed E-state index contributed by atoms with van der Waals surface area (Å²) in [5, 5.41) is 3.63. The van der Waals surface area contributed by atoms with Crippen LogP contribution in [0.5, 0.6) is 0 Å². The fourth-order valence-corrected chi connectivity index (χ4v) is 2.98. The molecule has 0 spiro atoms. The third-order valence-corrected chi connectivity index (χ3v) is 4.24. The highest BCUT2D eigenvalue weighted by molar-refractivity contribution is 5.22. The SMILES string of the molecule is CC(c1ccccc1)N1CCNC(c2ccccc2)C1. The standard InChI is InChI=1S/C18H22N2/c1-15(16-8-4-2-5-9-16)20-13-12-19-18(14-20)17-10-6-3-7-11-17/h2-11,15,18-19H,12-14H2,1H3. The summed E-state index contributed by atoms with van der Waals surface area (Å²) in [6.07, 6.45) is 0. The Bertz CT molecular complexity index is 486. The Labute approximate surface area is 121 Å². The first kappa shape index (κ1) is 13.3. The average Bonchev–Trinajstić information content (AvgIpc) is 2.56. The number of hydrogen-bond donors (Lipinski definition) is 1. The van der Waals surface area contributed by atoms with Gasteiger partial charge in [0, 0.05) is 31.7 Å². The lowest BCUT2D eigenvalue weighted by molar-refractivity contribution is 0.153. The van der Waals surface area contributed by atoms with Crippen LogP contribution in [0.1, 0.15) is 30.1 Å². The van der Waals surface area contributed by atoms with E-state index in [0.717, 1.165) is 19.6 Å². The molecule has 1 saturated heterocycles. The second-order valence-electron chi connectivity index (χ2n) is 5.50. The minimum absolute atomic E-state index is 0.441. The zero-order valence-electron chi connectivity index (χ0n) is 12.0. The predicted octanol–water partition coefficient (Wildman–Crippen LogP) is 3.39. The minimum atomic E-state index is 0.441. The molecule has 3 rings (SSSR count). The van der Waals surface area contributed by atoms with Crippen LogP contribution in [0.3, 0.4) is 0 Å². The van der Waals surface area contributed by atoms with E-state index in [1.807, 2.05) is 0 Å². The van der Waals surface area contributed by atoms with Crippen molar-refractivity contribution in [2.75, 3.05) is 19.6 Å². The van der Waals surface area contributed by atoms with Crippen molar-refractivity contribution in [3.63, 3.8) is 0 Å². The molecule has 0 aromatic heterocycles. The van der Waals surface area contributed by atoms with Crippen molar-refractivity contribution >= 4 is 0 Å². The van der Waals surface area contributed by atoms with Gasteiger partial charge >= 0.3 is 0 Å². The van der Waals surface area contributed by atoms with Gasteiger partial charge in [-0.2, -0.15) is 0 Å². The molecule has 1 N–H and O–H groups in total. The van der Waals surface area contributed by atoms with E-state index in [2.05, 4.69) is 77.8 Å². The van der Waals surface area contributed by atoms with Gasteiger partial charge in [-0.1, -0.05) is 60.7 Å². The van der Waals surface area contributed by atoms with Gasteiger partial charge in [0.2, 0.25) is 0 Å². The molecule has 1 heterocycles. The largest absolute Gasteiger partial charge is 0.308 e. The van der Waals surface area contributed by atoms with Crippen molar-refractivity contribution in [3.8, 4) is 0 Å². The Morgan fingerprint density at radius 2 is 1.65 bits per heavy atom. The number of benzene rings is 2. The highest BCUT2D eigenvalue weighted by Gasteiger charge is 2.24. The lowest BCUT2D eigenvalue weighted by atomic mass is 10.0. The molecule has 2 unspecified atom stereocenters. The number of nitrogens with zero attached hydrogens (tertiary/aromatic N) is 1. The van der Waals surface area contributed by atoms with Crippen LogP contribution >= 0.6 is 0 Å². The van der Waals surface area contributed by atoms with Crippen molar-refractivity contribution in [2.24, 2.45) is 0 Å². The van der Waals surface area contributed by atoms with E-state index in [1.54, 1.807) is 0 Å². The minimum Gasteiger partial charge on any atom is -0.308 e. The zero-order chi connectivity index (χ0) is 13.8. The fraction of sp³-hybridized carbons (Fsp3) is 0.333. The van der Waals surface area contributed by atoms with Gasteiger partial charge < -0.3 is 5.32 Å². The summed E-state index contributed by atoms with van der Waals surface area (Å²) in [4.78, 5) is 2.57. The fourth-order valence-electron chi connectivity index (χ4n) is 2.98. The van der Waals surface area contributed by atoms with E-state index >= 15 is 0 Å². The molecule has 2 nitrogen and oxygen atoms in total. The number of nitrogens with one attached hydrogen (secondary N) is 1. The van der Waals surface area contributed by atoms with Crippen LogP contribution in [0.25, 0.3) is 0 Å². The molecular formula is C18H22N2. The molecule has 2 heteroatoms. The van der Waals surface area contributed by atoms with Crippen molar-refractivity contribution in [2.45, 2.75) is 19.0 Å². The van der Waals surface area contributed by atoms with Crippen molar-refractivity contribution in [3.05, 3.63) is 71.8 Å². The van der Waals surface area contributed by atoms with Crippen LogP contribution < -0.4 is 5.32 Å². The smallest absolute Gasteiger partial charge is 0.0449 e. The van der Waals surface area contributed by atoms with E-state index in [4.69, 9.17) is 0 Å². The van der Waals surface area contributed by atoms with E-state index in [9.17, 15) is 0 Å². The second-order valence-corrected chi connectivity index (χ2v) is 5.50. The molecule has 0 bridgehead atoms. The van der Waals surface area contributed by atoms with Crippen LogP contribution in [-0.4, -0.2) is 24.5 Å². The molecule has 1 fully saturated rings. The van der Waals surface area contributed by atoms with Gasteiger partial charge in [-0.3, -0.25) is 4.90 Å². The molecule has 2 atom stereocenters. The molecule has 20 heavy (non-hydrogen) atoms. The summed E-state index contributed by atoms with van der Waals surface area (Å²) in [6.45, 7) is 5.54. The average molecular weight is 266 g/mol. The van der Waals surface area contributed by atoms with Crippen molar-refractivity contribution < 1.29 is 0 Å². The van der Waals surface area contributed by atoms with Crippen molar-refractivity contribution in [1.29, 1.82) is 0 Å². The zero-order valence-corrected chi connectivity index (χ0v) is 12.0. The summed E-state index contributed by atoms with van der Waals surface area (Å²) < 4.78 is 0. The molecular weight excluding hydrogens is 244 g/mol. The van der Waals surface area contributed by atoms with Gasteiger partial charge in [0.25, 0.3) is 0 Å². The number of hydrogen-bond acceptors (Lipinski definition) is 2. The highest BCUT2D eigenvalue weighted by atomic mass is 15.2. The third-order valence-electron chi connectivity index (χ3n) is 4.24. The predicted molar refractivity (Wildman–Crippen MR) is 83.6 cm³/mol. The van der Waals surface area contributed by atoms with Gasteiger partial charge in [-0.05, 0) is 18.1 Å². The van der Waals surface area contributed by atoms with Gasteiger partial charge in [0.1, 0.15) is 0 Å². The Balaban J connectivity index is 1.72. The molecule has 0 saturated carbocycles. The van der Waals surface area contributed by atoms with E-state index in [-0.39, 0.29) is 0 Å². The number of rotatable bonds is 3.